The Morgan fingerprint density at radius 1 is 0.689 bits per heavy atom. The number of aliphatic hydroxyl groups is 1. The number of carbonyl (C=O) groups excluding carboxylic acids is 5. The number of likely N-dealkylation sites (tertiary alicyclic amines) is 2. The van der Waals surface area contributed by atoms with E-state index in [0.717, 1.165) is 20.9 Å². The van der Waals surface area contributed by atoms with Gasteiger partial charge in [-0.2, -0.15) is 26.3 Å². The minimum atomic E-state index is -5.12. The number of alkyl halides is 6. The highest BCUT2D eigenvalue weighted by Crippen LogP contribution is 2.28. The van der Waals surface area contributed by atoms with Crippen LogP contribution in [-0.2, 0) is 46.3 Å². The maximum absolute atomic E-state index is 14.3. The number of likely N-dealkylation sites (N-methyl/N-ethyl adjacent to an activating group) is 2. The van der Waals surface area contributed by atoms with E-state index in [4.69, 9.17) is 9.47 Å². The topological polar surface area (TPSA) is 185 Å². The molecule has 2 aromatic rings. The zero-order chi connectivity index (χ0) is 54.6. The fraction of sp³-hybridized carbons (Fsp3) is 0.635. The van der Waals surface area contributed by atoms with Gasteiger partial charge < -0.3 is 50.5 Å². The molecule has 2 saturated heterocycles. The second kappa shape index (κ2) is 29.7. The maximum Gasteiger partial charge on any atom is 0.471 e. The molecule has 2 aliphatic heterocycles. The van der Waals surface area contributed by atoms with Crippen molar-refractivity contribution in [2.24, 2.45) is 0 Å². The van der Waals surface area contributed by atoms with Gasteiger partial charge in [-0.1, -0.05) is 73.7 Å². The third-order valence-corrected chi connectivity index (χ3v) is 13.7. The molecule has 0 bridgehead atoms. The largest absolute Gasteiger partial charge is 0.496 e. The van der Waals surface area contributed by atoms with E-state index in [9.17, 15) is 55.4 Å². The van der Waals surface area contributed by atoms with Crippen LogP contribution < -0.4 is 21.3 Å². The quantitative estimate of drug-likeness (QED) is 0.0415. The molecule has 2 aliphatic rings. The number of nitrogens with zero attached hydrogens (tertiary/aromatic N) is 4. The van der Waals surface area contributed by atoms with E-state index in [1.165, 1.54) is 4.90 Å². The lowest BCUT2D eigenvalue weighted by molar-refractivity contribution is -0.186. The van der Waals surface area contributed by atoms with Crippen molar-refractivity contribution in [1.82, 2.24) is 40.9 Å². The van der Waals surface area contributed by atoms with E-state index >= 15 is 0 Å². The normalized spacial score (nSPS) is 18.7. The number of halogens is 6. The van der Waals surface area contributed by atoms with Crippen LogP contribution in [0.15, 0.2) is 73.0 Å². The molecule has 0 saturated carbocycles. The van der Waals surface area contributed by atoms with E-state index in [2.05, 4.69) is 27.8 Å². The molecule has 0 aliphatic carbocycles. The van der Waals surface area contributed by atoms with Gasteiger partial charge in [0.25, 0.3) is 0 Å². The number of amides is 5. The maximum atomic E-state index is 14.3. The van der Waals surface area contributed by atoms with Crippen LogP contribution in [0.25, 0.3) is 0 Å². The van der Waals surface area contributed by atoms with Gasteiger partial charge in [0.1, 0.15) is 24.1 Å². The fourth-order valence-corrected chi connectivity index (χ4v) is 9.06. The molecule has 22 heteroatoms. The molecule has 5 N–H and O–H groups in total. The Morgan fingerprint density at radius 2 is 1.15 bits per heavy atom. The number of benzene rings is 2. The zero-order valence-corrected chi connectivity index (χ0v) is 43.2. The van der Waals surface area contributed by atoms with Gasteiger partial charge in [-0.05, 0) is 104 Å². The zero-order valence-electron chi connectivity index (χ0n) is 43.2. The van der Waals surface area contributed by atoms with Crippen molar-refractivity contribution < 1.29 is 64.9 Å². The van der Waals surface area contributed by atoms with Crippen LogP contribution in [0.2, 0.25) is 0 Å². The number of nitrogens with one attached hydrogen (secondary N) is 4. The predicted molar refractivity (Wildman–Crippen MR) is 266 cm³/mol. The number of carbonyl (C=O) groups is 5. The van der Waals surface area contributed by atoms with Crippen molar-refractivity contribution in [2.45, 2.75) is 146 Å². The number of aliphatic hydroxyl groups excluding tert-OH is 1. The summed E-state index contributed by atoms with van der Waals surface area (Å²) in [7, 11) is 3.16. The molecule has 8 atom stereocenters. The Bertz CT molecular complexity index is 2090. The van der Waals surface area contributed by atoms with E-state index in [0.29, 0.717) is 51.4 Å². The second-order valence-electron chi connectivity index (χ2n) is 19.0. The van der Waals surface area contributed by atoms with Gasteiger partial charge in [-0.15, -0.1) is 0 Å². The summed E-state index contributed by atoms with van der Waals surface area (Å²) in [5.74, 6) is -5.44. The molecule has 0 spiro atoms. The molecule has 0 aromatic heterocycles. The molecule has 0 radical (unpaired) electrons. The van der Waals surface area contributed by atoms with Crippen LogP contribution in [0.5, 0.6) is 0 Å². The van der Waals surface area contributed by atoms with Crippen molar-refractivity contribution >= 4 is 29.5 Å². The van der Waals surface area contributed by atoms with Gasteiger partial charge in [0, 0.05) is 58.0 Å². The smallest absolute Gasteiger partial charge is 0.471 e. The van der Waals surface area contributed by atoms with Crippen LogP contribution in [0, 0.1) is 0 Å². The van der Waals surface area contributed by atoms with Gasteiger partial charge in [0.2, 0.25) is 17.7 Å². The molecule has 2 aromatic carbocycles. The Labute approximate surface area is 430 Å². The number of rotatable bonds is 30. The van der Waals surface area contributed by atoms with Gasteiger partial charge in [0.15, 0.2) is 0 Å². The molecule has 16 nitrogen and oxygen atoms in total. The van der Waals surface area contributed by atoms with E-state index in [1.807, 2.05) is 0 Å². The van der Waals surface area contributed by atoms with Crippen LogP contribution in [0.3, 0.4) is 0 Å². The molecule has 5 amide bonds. The number of hydrogen-bond donors (Lipinski definition) is 5. The first-order chi connectivity index (χ1) is 35.1. The Morgan fingerprint density at radius 3 is 1.65 bits per heavy atom. The fourth-order valence-electron chi connectivity index (χ4n) is 9.06. The van der Waals surface area contributed by atoms with Crippen molar-refractivity contribution in [3.63, 3.8) is 0 Å². The molecule has 2 fully saturated rings. The summed E-state index contributed by atoms with van der Waals surface area (Å²) < 4.78 is 94.9. The Hall–Kier alpha value is -5.29. The highest BCUT2D eigenvalue weighted by atomic mass is 19.4. The summed E-state index contributed by atoms with van der Waals surface area (Å²) in [6, 6.07) is 12.5. The van der Waals surface area contributed by atoms with Crippen molar-refractivity contribution in [2.75, 3.05) is 66.6 Å². The summed E-state index contributed by atoms with van der Waals surface area (Å²) >= 11 is 0. The number of hydrogen-bond acceptors (Lipinski definition) is 11. The van der Waals surface area contributed by atoms with Crippen LogP contribution in [0.1, 0.15) is 83.3 Å². The third-order valence-electron chi connectivity index (χ3n) is 13.7. The first-order valence-corrected chi connectivity index (χ1v) is 25.5. The number of ether oxygens (including phenoxy) is 2. The Balaban J connectivity index is 1.33. The lowest BCUT2D eigenvalue weighted by Crippen LogP contribution is -2.59. The average Bonchev–Trinajstić information content (AvgIpc) is 4.06. The molecular weight excluding hydrogens is 979 g/mol. The van der Waals surface area contributed by atoms with Crippen molar-refractivity contribution in [3.8, 4) is 0 Å². The summed E-state index contributed by atoms with van der Waals surface area (Å²) in [6.45, 7) is 8.61. The molecule has 2 heterocycles. The van der Waals surface area contributed by atoms with Crippen molar-refractivity contribution in [1.29, 1.82) is 0 Å². The SMILES string of the molecule is C=C(OCCCCCCO[C@H](C)[C@H](NC(=O)[C@H](C)NC)C(=O)N1CCC[C@H]1CN(CCc1ccccc1)C(=O)C(F)(F)F)[C@H](NC(=O)[C@H](C)NC)C(O)N1CCC[C@H]1CN(CCc1ccccc1)C(=O)C(F)(F)F. The predicted octanol–water partition coefficient (Wildman–Crippen LogP) is 4.71. The minimum Gasteiger partial charge on any atom is -0.496 e. The third kappa shape index (κ3) is 18.8. The highest BCUT2D eigenvalue weighted by Gasteiger charge is 2.46. The van der Waals surface area contributed by atoms with Gasteiger partial charge in [-0.3, -0.25) is 28.9 Å². The first kappa shape index (κ1) is 61.3. The summed E-state index contributed by atoms with van der Waals surface area (Å²) in [4.78, 5) is 70.3. The second-order valence-corrected chi connectivity index (χ2v) is 19.0. The monoisotopic (exact) mass is 1050 g/mol. The molecular formula is C52H76F6N8O8. The van der Waals surface area contributed by atoms with Crippen LogP contribution in [-0.4, -0.2) is 182 Å². The van der Waals surface area contributed by atoms with Gasteiger partial charge in [-0.25, -0.2) is 0 Å². The lowest BCUT2D eigenvalue weighted by Gasteiger charge is -2.37. The van der Waals surface area contributed by atoms with E-state index < -0.39 is 90.5 Å². The highest BCUT2D eigenvalue weighted by molar-refractivity contribution is 5.90. The van der Waals surface area contributed by atoms with Crippen LogP contribution >= 0.6 is 0 Å². The standard InChI is InChI=1S/C52H76F6N8O8/c1-35(59-5)45(67)61-43(47(69)65-27-17-23-41(65)33-63(49(71)51(53,54)55)29-25-39-19-11-9-12-20-39)37(3)73-31-15-7-8-16-32-74-38(4)44(62-46(68)36(2)60-6)48(70)66-28-18-24-42(66)34-64(50(72)52(56,57)58)30-26-40-21-13-10-14-22-40/h9-14,19-22,35-36,38,41-44,47,59-60,69H,3,7-8,15-18,23-34H2,1-2,4-6H3,(H,61,67)(H,62,68)/t35-,36-,38+,41-,42-,43-,44-,47?/m0/s1. The molecule has 414 valence electrons. The van der Waals surface area contributed by atoms with Gasteiger partial charge >= 0.3 is 24.2 Å². The lowest BCUT2D eigenvalue weighted by atomic mass is 10.1. The molecule has 4 rings (SSSR count). The number of unbranched alkanes of at least 4 members (excludes halogenated alkanes) is 3. The van der Waals surface area contributed by atoms with Crippen molar-refractivity contribution in [3.05, 3.63) is 84.1 Å². The summed E-state index contributed by atoms with van der Waals surface area (Å²) in [5.41, 5.74) is 1.51. The van der Waals surface area contributed by atoms with Crippen LogP contribution in [0.4, 0.5) is 26.3 Å². The van der Waals surface area contributed by atoms with Gasteiger partial charge in [0.05, 0.1) is 24.8 Å². The van der Waals surface area contributed by atoms with E-state index in [1.54, 1.807) is 100 Å². The first-order valence-electron chi connectivity index (χ1n) is 25.5. The van der Waals surface area contributed by atoms with E-state index in [-0.39, 0.29) is 71.1 Å². The summed E-state index contributed by atoms with van der Waals surface area (Å²) in [6.07, 6.45) is -8.11. The summed E-state index contributed by atoms with van der Waals surface area (Å²) in [5, 5.41) is 23.0. The minimum absolute atomic E-state index is 0.0293. The Kier molecular flexibility index (Phi) is 24.6. The average molecular weight is 1060 g/mol. The molecule has 74 heavy (non-hydrogen) atoms. The molecule has 1 unspecified atom stereocenters.